The van der Waals surface area contributed by atoms with Crippen molar-refractivity contribution in [1.29, 1.82) is 0 Å². The minimum atomic E-state index is -0.467. The van der Waals surface area contributed by atoms with Crippen LogP contribution in [0.4, 0.5) is 5.82 Å². The number of rotatable bonds is 5. The second-order valence-electron chi connectivity index (χ2n) is 5.91. The van der Waals surface area contributed by atoms with Gasteiger partial charge >= 0.3 is 5.97 Å². The highest BCUT2D eigenvalue weighted by Gasteiger charge is 2.18. The molecule has 3 rings (SSSR count). The second-order valence-corrected chi connectivity index (χ2v) is 5.91. The predicted molar refractivity (Wildman–Crippen MR) is 98.7 cm³/mol. The van der Waals surface area contributed by atoms with E-state index in [4.69, 9.17) is 4.74 Å². The Balaban J connectivity index is 2.01. The summed E-state index contributed by atoms with van der Waals surface area (Å²) in [5, 5.41) is 3.22. The topological polar surface area (TPSA) is 64.1 Å². The van der Waals surface area contributed by atoms with Crippen molar-refractivity contribution in [3.05, 3.63) is 64.8 Å². The van der Waals surface area contributed by atoms with E-state index in [0.717, 1.165) is 22.2 Å². The van der Waals surface area contributed by atoms with Crippen molar-refractivity contribution in [3.8, 4) is 0 Å². The van der Waals surface area contributed by atoms with E-state index in [2.05, 4.69) is 15.3 Å². The van der Waals surface area contributed by atoms with Gasteiger partial charge in [-0.05, 0) is 49.6 Å². The van der Waals surface area contributed by atoms with E-state index in [1.807, 2.05) is 56.3 Å². The normalized spacial score (nSPS) is 10.7. The van der Waals surface area contributed by atoms with Gasteiger partial charge in [0.15, 0.2) is 11.5 Å². The van der Waals surface area contributed by atoms with Gasteiger partial charge in [0.05, 0.1) is 17.6 Å². The molecule has 1 aromatic heterocycles. The van der Waals surface area contributed by atoms with Gasteiger partial charge in [0.25, 0.3) is 0 Å². The van der Waals surface area contributed by atoms with Crippen LogP contribution >= 0.6 is 0 Å². The van der Waals surface area contributed by atoms with E-state index in [-0.39, 0.29) is 5.69 Å². The molecule has 1 N–H and O–H groups in total. The SMILES string of the molecule is CCOC(=O)c1nc2cc(C)c(C)cc2nc1NCc1ccccc1. The third-order valence-electron chi connectivity index (χ3n) is 4.05. The van der Waals surface area contributed by atoms with Crippen LogP contribution in [0.1, 0.15) is 34.1 Å². The molecule has 0 aliphatic heterocycles. The molecule has 0 bridgehead atoms. The number of esters is 1. The fourth-order valence-corrected chi connectivity index (χ4v) is 2.56. The average molecular weight is 335 g/mol. The summed E-state index contributed by atoms with van der Waals surface area (Å²) in [6.45, 7) is 6.67. The summed E-state index contributed by atoms with van der Waals surface area (Å²) in [5.41, 5.74) is 5.01. The summed E-state index contributed by atoms with van der Waals surface area (Å²) in [7, 11) is 0. The molecule has 0 radical (unpaired) electrons. The minimum Gasteiger partial charge on any atom is -0.461 e. The van der Waals surface area contributed by atoms with Crippen LogP contribution in [0.15, 0.2) is 42.5 Å². The number of benzene rings is 2. The number of ether oxygens (including phenoxy) is 1. The van der Waals surface area contributed by atoms with Crippen molar-refractivity contribution in [2.45, 2.75) is 27.3 Å². The summed E-state index contributed by atoms with van der Waals surface area (Å²) < 4.78 is 5.14. The Morgan fingerprint density at radius 2 is 1.68 bits per heavy atom. The molecule has 0 amide bonds. The zero-order chi connectivity index (χ0) is 17.8. The molecule has 5 heteroatoms. The highest BCUT2D eigenvalue weighted by atomic mass is 16.5. The fraction of sp³-hybridized carbons (Fsp3) is 0.250. The molecule has 2 aromatic carbocycles. The molecule has 0 saturated heterocycles. The molecule has 1 heterocycles. The maximum Gasteiger partial charge on any atom is 0.360 e. The van der Waals surface area contributed by atoms with Crippen LogP contribution in [-0.2, 0) is 11.3 Å². The van der Waals surface area contributed by atoms with Crippen LogP contribution in [0.3, 0.4) is 0 Å². The quantitative estimate of drug-likeness (QED) is 0.713. The van der Waals surface area contributed by atoms with Gasteiger partial charge in [0.1, 0.15) is 0 Å². The van der Waals surface area contributed by atoms with Crippen molar-refractivity contribution >= 4 is 22.8 Å². The lowest BCUT2D eigenvalue weighted by Crippen LogP contribution is -2.14. The Morgan fingerprint density at radius 1 is 1.04 bits per heavy atom. The summed E-state index contributed by atoms with van der Waals surface area (Å²) in [4.78, 5) is 21.4. The van der Waals surface area contributed by atoms with E-state index < -0.39 is 5.97 Å². The van der Waals surface area contributed by atoms with Crippen LogP contribution in [0.2, 0.25) is 0 Å². The minimum absolute atomic E-state index is 0.216. The van der Waals surface area contributed by atoms with Crippen molar-refractivity contribution in [2.24, 2.45) is 0 Å². The van der Waals surface area contributed by atoms with E-state index in [1.54, 1.807) is 6.92 Å². The van der Waals surface area contributed by atoms with Crippen molar-refractivity contribution in [2.75, 3.05) is 11.9 Å². The number of nitrogens with one attached hydrogen (secondary N) is 1. The van der Waals surface area contributed by atoms with Gasteiger partial charge < -0.3 is 10.1 Å². The molecular weight excluding hydrogens is 314 g/mol. The second kappa shape index (κ2) is 7.30. The van der Waals surface area contributed by atoms with Gasteiger partial charge in [0, 0.05) is 6.54 Å². The van der Waals surface area contributed by atoms with Gasteiger partial charge in [-0.25, -0.2) is 14.8 Å². The first kappa shape index (κ1) is 16.9. The Kier molecular flexibility index (Phi) is 4.93. The number of nitrogens with zero attached hydrogens (tertiary/aromatic N) is 2. The Bertz CT molecular complexity index is 908. The maximum atomic E-state index is 12.3. The number of aromatic nitrogens is 2. The molecule has 25 heavy (non-hydrogen) atoms. The number of hydrogen-bond acceptors (Lipinski definition) is 5. The van der Waals surface area contributed by atoms with Gasteiger partial charge in [-0.1, -0.05) is 30.3 Å². The summed E-state index contributed by atoms with van der Waals surface area (Å²) in [6, 6.07) is 13.9. The predicted octanol–water partition coefficient (Wildman–Crippen LogP) is 4.04. The lowest BCUT2D eigenvalue weighted by molar-refractivity contribution is 0.0520. The summed E-state index contributed by atoms with van der Waals surface area (Å²) in [6.07, 6.45) is 0. The van der Waals surface area contributed by atoms with Gasteiger partial charge in [-0.2, -0.15) is 0 Å². The third-order valence-corrected chi connectivity index (χ3v) is 4.05. The number of fused-ring (bicyclic) bond motifs is 1. The Labute approximate surface area is 147 Å². The first-order valence-electron chi connectivity index (χ1n) is 8.32. The van der Waals surface area contributed by atoms with E-state index in [1.165, 1.54) is 0 Å². The molecule has 3 aromatic rings. The number of hydrogen-bond donors (Lipinski definition) is 1. The van der Waals surface area contributed by atoms with Crippen LogP contribution in [0, 0.1) is 13.8 Å². The summed E-state index contributed by atoms with van der Waals surface area (Å²) >= 11 is 0. The molecule has 5 nitrogen and oxygen atoms in total. The van der Waals surface area contributed by atoms with Crippen LogP contribution in [0.5, 0.6) is 0 Å². The largest absolute Gasteiger partial charge is 0.461 e. The first-order valence-corrected chi connectivity index (χ1v) is 8.32. The van der Waals surface area contributed by atoms with E-state index in [9.17, 15) is 4.79 Å². The lowest BCUT2D eigenvalue weighted by Gasteiger charge is -2.12. The standard InChI is InChI=1S/C20H21N3O2/c1-4-25-20(24)18-19(21-12-15-8-6-5-7-9-15)23-17-11-14(3)13(2)10-16(17)22-18/h5-11H,4,12H2,1-3H3,(H,21,23). The van der Waals surface area contributed by atoms with Crippen LogP contribution in [-0.4, -0.2) is 22.5 Å². The molecule has 0 aliphatic carbocycles. The van der Waals surface area contributed by atoms with Gasteiger partial charge in [-0.3, -0.25) is 0 Å². The van der Waals surface area contributed by atoms with Gasteiger partial charge in [0.2, 0.25) is 0 Å². The molecule has 128 valence electrons. The van der Waals surface area contributed by atoms with Crippen molar-refractivity contribution in [3.63, 3.8) is 0 Å². The maximum absolute atomic E-state index is 12.3. The zero-order valence-electron chi connectivity index (χ0n) is 14.7. The third kappa shape index (κ3) is 3.76. The van der Waals surface area contributed by atoms with Crippen molar-refractivity contribution < 1.29 is 9.53 Å². The molecule has 0 unspecified atom stereocenters. The highest BCUT2D eigenvalue weighted by molar-refractivity contribution is 5.95. The first-order chi connectivity index (χ1) is 12.1. The molecule has 0 aliphatic rings. The number of aryl methyl sites for hydroxylation is 2. The monoisotopic (exact) mass is 335 g/mol. The number of carbonyl (C=O) groups excluding carboxylic acids is 1. The Hall–Kier alpha value is -2.95. The molecule has 0 fully saturated rings. The summed E-state index contributed by atoms with van der Waals surface area (Å²) in [5.74, 6) is -0.0243. The molecular formula is C20H21N3O2. The average Bonchev–Trinajstić information content (AvgIpc) is 2.61. The van der Waals surface area contributed by atoms with Crippen LogP contribution < -0.4 is 5.32 Å². The molecule has 0 saturated carbocycles. The lowest BCUT2D eigenvalue weighted by atomic mass is 10.1. The van der Waals surface area contributed by atoms with Gasteiger partial charge in [-0.15, -0.1) is 0 Å². The fourth-order valence-electron chi connectivity index (χ4n) is 2.56. The number of anilines is 1. The highest BCUT2D eigenvalue weighted by Crippen LogP contribution is 2.21. The van der Waals surface area contributed by atoms with Crippen molar-refractivity contribution in [1.82, 2.24) is 9.97 Å². The van der Waals surface area contributed by atoms with E-state index >= 15 is 0 Å². The smallest absolute Gasteiger partial charge is 0.360 e. The molecule has 0 spiro atoms. The zero-order valence-corrected chi connectivity index (χ0v) is 14.7. The molecule has 0 atom stereocenters. The Morgan fingerprint density at radius 3 is 2.32 bits per heavy atom. The number of carbonyl (C=O) groups is 1. The van der Waals surface area contributed by atoms with E-state index in [0.29, 0.717) is 24.5 Å². The van der Waals surface area contributed by atoms with Crippen LogP contribution in [0.25, 0.3) is 11.0 Å².